The minimum absolute atomic E-state index is 0.0941. The molecule has 1 amide bonds. The molecule has 7 heteroatoms. The molecule has 6 nitrogen and oxygen atoms in total. The molecule has 1 heterocycles. The second-order valence-corrected chi connectivity index (χ2v) is 4.24. The first-order valence-electron chi connectivity index (χ1n) is 5.97. The molecule has 1 aromatic heterocycles. The van der Waals surface area contributed by atoms with E-state index in [9.17, 15) is 14.0 Å². The Labute approximate surface area is 119 Å². The lowest BCUT2D eigenvalue weighted by molar-refractivity contribution is -0.111. The van der Waals surface area contributed by atoms with Crippen LogP contribution in [0.2, 0.25) is 0 Å². The molecule has 1 aromatic carbocycles. The summed E-state index contributed by atoms with van der Waals surface area (Å²) in [6.45, 7) is 0. The van der Waals surface area contributed by atoms with Crippen molar-refractivity contribution >= 4 is 23.6 Å². The van der Waals surface area contributed by atoms with E-state index in [1.165, 1.54) is 24.3 Å². The van der Waals surface area contributed by atoms with Crippen molar-refractivity contribution in [2.75, 3.05) is 5.32 Å². The SMILES string of the molecule is Cn1cc(/C=C/C(=O)Nc2cccc(F)c2C(=O)O)cn1. The van der Waals surface area contributed by atoms with E-state index in [4.69, 9.17) is 5.11 Å². The van der Waals surface area contributed by atoms with Gasteiger partial charge in [0, 0.05) is 24.9 Å². The van der Waals surface area contributed by atoms with E-state index in [-0.39, 0.29) is 5.69 Å². The summed E-state index contributed by atoms with van der Waals surface area (Å²) in [7, 11) is 1.74. The van der Waals surface area contributed by atoms with Gasteiger partial charge in [-0.15, -0.1) is 0 Å². The van der Waals surface area contributed by atoms with Crippen LogP contribution < -0.4 is 5.32 Å². The molecule has 0 aliphatic carbocycles. The number of halogens is 1. The second-order valence-electron chi connectivity index (χ2n) is 4.24. The van der Waals surface area contributed by atoms with Crippen molar-refractivity contribution in [2.45, 2.75) is 0 Å². The lowest BCUT2D eigenvalue weighted by Gasteiger charge is -2.06. The van der Waals surface area contributed by atoms with Crippen LogP contribution in [0.3, 0.4) is 0 Å². The highest BCUT2D eigenvalue weighted by Gasteiger charge is 2.16. The summed E-state index contributed by atoms with van der Waals surface area (Å²) in [5.41, 5.74) is 0.0503. The van der Waals surface area contributed by atoms with Gasteiger partial charge in [0.25, 0.3) is 0 Å². The van der Waals surface area contributed by atoms with E-state index in [1.807, 2.05) is 0 Å². The van der Waals surface area contributed by atoms with Crippen molar-refractivity contribution in [3.8, 4) is 0 Å². The molecule has 0 spiro atoms. The molecule has 21 heavy (non-hydrogen) atoms. The number of carboxylic acids is 1. The first-order chi connectivity index (χ1) is 9.97. The van der Waals surface area contributed by atoms with Crippen LogP contribution in [0.15, 0.2) is 36.7 Å². The van der Waals surface area contributed by atoms with Gasteiger partial charge in [0.15, 0.2) is 0 Å². The van der Waals surface area contributed by atoms with E-state index >= 15 is 0 Å². The molecular weight excluding hydrogens is 277 g/mol. The van der Waals surface area contributed by atoms with Gasteiger partial charge in [-0.2, -0.15) is 5.10 Å². The van der Waals surface area contributed by atoms with Gasteiger partial charge < -0.3 is 10.4 Å². The smallest absolute Gasteiger partial charge is 0.340 e. The fourth-order valence-electron chi connectivity index (χ4n) is 1.72. The summed E-state index contributed by atoms with van der Waals surface area (Å²) in [5.74, 6) is -2.91. The number of carboxylic acid groups (broad SMARTS) is 1. The van der Waals surface area contributed by atoms with Crippen LogP contribution in [0.4, 0.5) is 10.1 Å². The van der Waals surface area contributed by atoms with Gasteiger partial charge in [-0.3, -0.25) is 9.48 Å². The molecule has 2 N–H and O–H groups in total. The number of benzene rings is 1. The molecule has 0 aliphatic rings. The summed E-state index contributed by atoms with van der Waals surface area (Å²) < 4.78 is 15.0. The lowest BCUT2D eigenvalue weighted by Crippen LogP contribution is -2.13. The van der Waals surface area contributed by atoms with E-state index in [2.05, 4.69) is 10.4 Å². The van der Waals surface area contributed by atoms with Gasteiger partial charge in [0.05, 0.1) is 11.9 Å². The number of aromatic carboxylic acids is 1. The lowest BCUT2D eigenvalue weighted by atomic mass is 10.1. The third-order valence-electron chi connectivity index (χ3n) is 2.64. The molecular formula is C14H12FN3O3. The van der Waals surface area contributed by atoms with E-state index in [1.54, 1.807) is 24.1 Å². The van der Waals surface area contributed by atoms with Gasteiger partial charge in [-0.1, -0.05) is 6.07 Å². The maximum Gasteiger partial charge on any atom is 0.340 e. The van der Waals surface area contributed by atoms with E-state index in [0.29, 0.717) is 5.56 Å². The third-order valence-corrected chi connectivity index (χ3v) is 2.64. The summed E-state index contributed by atoms with van der Waals surface area (Å²) >= 11 is 0. The standard InChI is InChI=1S/C14H12FN3O3/c1-18-8-9(7-16-18)5-6-12(19)17-11-4-2-3-10(15)13(11)14(20)21/h2-8H,1H3,(H,17,19)(H,20,21)/b6-5+. The highest BCUT2D eigenvalue weighted by molar-refractivity contribution is 6.06. The Morgan fingerprint density at radius 3 is 2.81 bits per heavy atom. The minimum atomic E-state index is -1.44. The molecule has 0 saturated carbocycles. The van der Waals surface area contributed by atoms with E-state index < -0.39 is 23.3 Å². The predicted octanol–water partition coefficient (Wildman–Crippen LogP) is 1.91. The molecule has 108 valence electrons. The van der Waals surface area contributed by atoms with Crippen molar-refractivity contribution < 1.29 is 19.1 Å². The summed E-state index contributed by atoms with van der Waals surface area (Å²) in [6.07, 6.45) is 6.00. The highest BCUT2D eigenvalue weighted by atomic mass is 19.1. The summed E-state index contributed by atoms with van der Waals surface area (Å²) in [5, 5.41) is 15.2. The number of aromatic nitrogens is 2. The fourth-order valence-corrected chi connectivity index (χ4v) is 1.72. The predicted molar refractivity (Wildman–Crippen MR) is 74.2 cm³/mol. The van der Waals surface area contributed by atoms with Crippen LogP contribution in [0.25, 0.3) is 6.08 Å². The molecule has 2 rings (SSSR count). The summed E-state index contributed by atoms with van der Waals surface area (Å²) in [6, 6.07) is 3.66. The average Bonchev–Trinajstić information content (AvgIpc) is 2.82. The van der Waals surface area contributed by atoms with Gasteiger partial charge in [0.2, 0.25) is 5.91 Å². The van der Waals surface area contributed by atoms with Gasteiger partial charge in [-0.25, -0.2) is 9.18 Å². The number of nitrogens with one attached hydrogen (secondary N) is 1. The van der Waals surface area contributed by atoms with Crippen molar-refractivity contribution in [3.63, 3.8) is 0 Å². The molecule has 0 saturated heterocycles. The third kappa shape index (κ3) is 3.53. The molecule has 0 aliphatic heterocycles. The molecule has 0 unspecified atom stereocenters. The van der Waals surface area contributed by atoms with Crippen molar-refractivity contribution in [2.24, 2.45) is 7.05 Å². The highest BCUT2D eigenvalue weighted by Crippen LogP contribution is 2.19. The number of aryl methyl sites for hydroxylation is 1. The number of anilines is 1. The monoisotopic (exact) mass is 289 g/mol. The Hall–Kier alpha value is -2.96. The number of amides is 1. The van der Waals surface area contributed by atoms with Gasteiger partial charge >= 0.3 is 5.97 Å². The van der Waals surface area contributed by atoms with Crippen LogP contribution >= 0.6 is 0 Å². The second kappa shape index (κ2) is 6.00. The minimum Gasteiger partial charge on any atom is -0.478 e. The first-order valence-corrected chi connectivity index (χ1v) is 5.97. The molecule has 0 fully saturated rings. The fraction of sp³-hybridized carbons (Fsp3) is 0.0714. The zero-order chi connectivity index (χ0) is 15.4. The van der Waals surface area contributed by atoms with Crippen LogP contribution in [0.5, 0.6) is 0 Å². The van der Waals surface area contributed by atoms with Crippen molar-refractivity contribution in [1.82, 2.24) is 9.78 Å². The van der Waals surface area contributed by atoms with Crippen LogP contribution in [-0.4, -0.2) is 26.8 Å². The molecule has 2 aromatic rings. The largest absolute Gasteiger partial charge is 0.478 e. The zero-order valence-electron chi connectivity index (χ0n) is 11.1. The van der Waals surface area contributed by atoms with Crippen LogP contribution in [0.1, 0.15) is 15.9 Å². The van der Waals surface area contributed by atoms with Gasteiger partial charge in [0.1, 0.15) is 11.4 Å². The Kier molecular flexibility index (Phi) is 4.13. The molecule has 0 bridgehead atoms. The van der Waals surface area contributed by atoms with Crippen LogP contribution in [-0.2, 0) is 11.8 Å². The maximum absolute atomic E-state index is 13.4. The number of nitrogens with zero attached hydrogens (tertiary/aromatic N) is 2. The normalized spacial score (nSPS) is 10.8. The Morgan fingerprint density at radius 1 is 1.43 bits per heavy atom. The number of carbonyl (C=O) groups excluding carboxylic acids is 1. The Morgan fingerprint density at radius 2 is 2.19 bits per heavy atom. The average molecular weight is 289 g/mol. The van der Waals surface area contributed by atoms with Gasteiger partial charge in [-0.05, 0) is 18.2 Å². The maximum atomic E-state index is 13.4. The number of rotatable bonds is 4. The first kappa shape index (κ1) is 14.4. The molecule has 0 atom stereocenters. The van der Waals surface area contributed by atoms with E-state index in [0.717, 1.165) is 6.07 Å². The van der Waals surface area contributed by atoms with Crippen LogP contribution in [0, 0.1) is 5.82 Å². The Balaban J connectivity index is 2.15. The number of hydrogen-bond acceptors (Lipinski definition) is 3. The number of hydrogen-bond donors (Lipinski definition) is 2. The van der Waals surface area contributed by atoms with Crippen molar-refractivity contribution in [3.05, 3.63) is 53.6 Å². The zero-order valence-corrected chi connectivity index (χ0v) is 11.1. The Bertz CT molecular complexity index is 722. The summed E-state index contributed by atoms with van der Waals surface area (Å²) in [4.78, 5) is 22.7. The molecule has 0 radical (unpaired) electrons. The quantitative estimate of drug-likeness (QED) is 0.842. The number of carbonyl (C=O) groups is 2. The van der Waals surface area contributed by atoms with Crippen molar-refractivity contribution in [1.29, 1.82) is 0 Å². The topological polar surface area (TPSA) is 84.2 Å².